The van der Waals surface area contributed by atoms with E-state index in [1.54, 1.807) is 17.4 Å². The number of aliphatic carboxylic acids is 1. The normalized spacial score (nSPS) is 24.3. The Labute approximate surface area is 129 Å². The highest BCUT2D eigenvalue weighted by Gasteiger charge is 2.29. The molecule has 5 heteroatoms. The molecule has 2 aliphatic rings. The quantitative estimate of drug-likeness (QED) is 0.849. The number of rotatable bonds is 5. The van der Waals surface area contributed by atoms with Crippen molar-refractivity contribution in [1.29, 1.82) is 0 Å². The SMILES string of the molecule is O=C(O)C=Cc1csc(CN2CCC(N3CCCC3)C2)c1. The van der Waals surface area contributed by atoms with E-state index in [4.69, 9.17) is 5.11 Å². The molecule has 2 saturated heterocycles. The summed E-state index contributed by atoms with van der Waals surface area (Å²) >= 11 is 1.72. The average molecular weight is 306 g/mol. The number of likely N-dealkylation sites (tertiary alicyclic amines) is 2. The van der Waals surface area contributed by atoms with E-state index in [0.29, 0.717) is 0 Å². The number of carbonyl (C=O) groups is 1. The van der Waals surface area contributed by atoms with E-state index in [-0.39, 0.29) is 0 Å². The topological polar surface area (TPSA) is 43.8 Å². The number of nitrogens with zero attached hydrogens (tertiary/aromatic N) is 2. The molecule has 1 N–H and O–H groups in total. The van der Waals surface area contributed by atoms with Crippen molar-refractivity contribution < 1.29 is 9.90 Å². The zero-order chi connectivity index (χ0) is 14.7. The minimum atomic E-state index is -0.893. The van der Waals surface area contributed by atoms with Crippen LogP contribution in [0.1, 0.15) is 29.7 Å². The predicted octanol–water partition coefficient (Wildman–Crippen LogP) is 2.52. The maximum absolute atomic E-state index is 10.5. The van der Waals surface area contributed by atoms with Crippen molar-refractivity contribution in [3.05, 3.63) is 28.0 Å². The van der Waals surface area contributed by atoms with Gasteiger partial charge in [0.05, 0.1) is 0 Å². The van der Waals surface area contributed by atoms with Crippen LogP contribution >= 0.6 is 11.3 Å². The first kappa shape index (κ1) is 14.8. The van der Waals surface area contributed by atoms with Crippen molar-refractivity contribution in [3.63, 3.8) is 0 Å². The van der Waals surface area contributed by atoms with Gasteiger partial charge in [0.1, 0.15) is 0 Å². The Hall–Kier alpha value is -1.17. The second-order valence-corrected chi connectivity index (χ2v) is 6.93. The average Bonchev–Trinajstić information content (AvgIpc) is 3.18. The lowest BCUT2D eigenvalue weighted by molar-refractivity contribution is -0.131. The number of hydrogen-bond acceptors (Lipinski definition) is 4. The van der Waals surface area contributed by atoms with Crippen LogP contribution < -0.4 is 0 Å². The third kappa shape index (κ3) is 3.93. The Bertz CT molecular complexity index is 520. The molecule has 0 bridgehead atoms. The van der Waals surface area contributed by atoms with Crippen LogP contribution in [0.15, 0.2) is 17.5 Å². The summed E-state index contributed by atoms with van der Waals surface area (Å²) in [5.41, 5.74) is 0.993. The van der Waals surface area contributed by atoms with E-state index in [2.05, 4.69) is 15.9 Å². The summed E-state index contributed by atoms with van der Waals surface area (Å²) < 4.78 is 0. The van der Waals surface area contributed by atoms with Gasteiger partial charge in [-0.1, -0.05) is 0 Å². The summed E-state index contributed by atoms with van der Waals surface area (Å²) in [6, 6.07) is 2.85. The Morgan fingerprint density at radius 2 is 2.19 bits per heavy atom. The third-order valence-corrected chi connectivity index (χ3v) is 5.32. The molecular formula is C16H22N2O2S. The largest absolute Gasteiger partial charge is 0.478 e. The van der Waals surface area contributed by atoms with Crippen molar-refractivity contribution in [1.82, 2.24) is 9.80 Å². The molecule has 1 aromatic heterocycles. The monoisotopic (exact) mass is 306 g/mol. The summed E-state index contributed by atoms with van der Waals surface area (Å²) in [4.78, 5) is 17.0. The van der Waals surface area contributed by atoms with E-state index in [1.165, 1.54) is 56.4 Å². The molecular weight excluding hydrogens is 284 g/mol. The fraction of sp³-hybridized carbons (Fsp3) is 0.562. The van der Waals surface area contributed by atoms with Gasteiger partial charge in [-0.05, 0) is 55.4 Å². The molecule has 2 fully saturated rings. The first-order valence-corrected chi connectivity index (χ1v) is 8.53. The summed E-state index contributed by atoms with van der Waals surface area (Å²) in [6.07, 6.45) is 6.88. The summed E-state index contributed by atoms with van der Waals surface area (Å²) in [6.45, 7) is 5.91. The van der Waals surface area contributed by atoms with Crippen LogP contribution in [-0.2, 0) is 11.3 Å². The Balaban J connectivity index is 1.52. The molecule has 0 spiro atoms. The summed E-state index contributed by atoms with van der Waals surface area (Å²) in [5.74, 6) is -0.893. The van der Waals surface area contributed by atoms with Gasteiger partial charge in [0.25, 0.3) is 0 Å². The van der Waals surface area contributed by atoms with Crippen LogP contribution in [-0.4, -0.2) is 53.1 Å². The van der Waals surface area contributed by atoms with Crippen molar-refractivity contribution in [2.75, 3.05) is 26.2 Å². The van der Waals surface area contributed by atoms with Gasteiger partial charge in [0.2, 0.25) is 0 Å². The van der Waals surface area contributed by atoms with Crippen LogP contribution in [0.25, 0.3) is 6.08 Å². The molecule has 21 heavy (non-hydrogen) atoms. The fourth-order valence-corrected chi connectivity index (χ4v) is 4.21. The van der Waals surface area contributed by atoms with E-state index in [0.717, 1.165) is 18.2 Å². The van der Waals surface area contributed by atoms with E-state index in [9.17, 15) is 4.79 Å². The van der Waals surface area contributed by atoms with Gasteiger partial charge in [0, 0.05) is 36.6 Å². The van der Waals surface area contributed by atoms with Gasteiger partial charge >= 0.3 is 5.97 Å². The Morgan fingerprint density at radius 3 is 2.95 bits per heavy atom. The van der Waals surface area contributed by atoms with E-state index in [1.807, 2.05) is 5.38 Å². The third-order valence-electron chi connectivity index (χ3n) is 4.38. The van der Waals surface area contributed by atoms with Crippen LogP contribution in [0.4, 0.5) is 0 Å². The number of carboxylic acids is 1. The van der Waals surface area contributed by atoms with Crippen LogP contribution in [0.3, 0.4) is 0 Å². The standard InChI is InChI=1S/C16H22N2O2S/c19-16(20)4-3-13-9-15(21-12-13)11-17-8-5-14(10-17)18-6-1-2-7-18/h3-4,9,12,14H,1-2,5-8,10-11H2,(H,19,20). The molecule has 1 atom stereocenters. The van der Waals surface area contributed by atoms with Crippen LogP contribution in [0.5, 0.6) is 0 Å². The zero-order valence-corrected chi connectivity index (χ0v) is 13.0. The predicted molar refractivity (Wildman–Crippen MR) is 85.5 cm³/mol. The van der Waals surface area contributed by atoms with Gasteiger partial charge in [-0.15, -0.1) is 11.3 Å². The molecule has 3 heterocycles. The molecule has 4 nitrogen and oxygen atoms in total. The molecule has 0 amide bonds. The minimum absolute atomic E-state index is 0.749. The van der Waals surface area contributed by atoms with Crippen molar-refractivity contribution in [3.8, 4) is 0 Å². The number of hydrogen-bond donors (Lipinski definition) is 1. The lowest BCUT2D eigenvalue weighted by Crippen LogP contribution is -2.35. The first-order chi connectivity index (χ1) is 10.2. The summed E-state index contributed by atoms with van der Waals surface area (Å²) in [5, 5.41) is 10.7. The molecule has 0 aliphatic carbocycles. The van der Waals surface area contributed by atoms with Gasteiger partial charge in [0.15, 0.2) is 0 Å². The smallest absolute Gasteiger partial charge is 0.328 e. The van der Waals surface area contributed by atoms with Gasteiger partial charge in [-0.3, -0.25) is 9.80 Å². The van der Waals surface area contributed by atoms with Gasteiger partial charge in [-0.2, -0.15) is 0 Å². The van der Waals surface area contributed by atoms with Crippen LogP contribution in [0, 0.1) is 0 Å². The minimum Gasteiger partial charge on any atom is -0.478 e. The maximum atomic E-state index is 10.5. The van der Waals surface area contributed by atoms with Crippen molar-refractivity contribution in [2.24, 2.45) is 0 Å². The van der Waals surface area contributed by atoms with E-state index >= 15 is 0 Å². The second kappa shape index (κ2) is 6.73. The maximum Gasteiger partial charge on any atom is 0.328 e. The number of thiophene rings is 1. The van der Waals surface area contributed by atoms with Crippen LogP contribution in [0.2, 0.25) is 0 Å². The van der Waals surface area contributed by atoms with Crippen molar-refractivity contribution in [2.45, 2.75) is 31.8 Å². The van der Waals surface area contributed by atoms with Gasteiger partial charge < -0.3 is 5.11 Å². The molecule has 114 valence electrons. The van der Waals surface area contributed by atoms with E-state index < -0.39 is 5.97 Å². The summed E-state index contributed by atoms with van der Waals surface area (Å²) in [7, 11) is 0. The highest BCUT2D eigenvalue weighted by molar-refractivity contribution is 7.10. The zero-order valence-electron chi connectivity index (χ0n) is 12.2. The second-order valence-electron chi connectivity index (χ2n) is 5.94. The fourth-order valence-electron chi connectivity index (χ4n) is 3.32. The number of carboxylic acid groups (broad SMARTS) is 1. The van der Waals surface area contributed by atoms with Gasteiger partial charge in [-0.25, -0.2) is 4.79 Å². The highest BCUT2D eigenvalue weighted by Crippen LogP contribution is 2.24. The lowest BCUT2D eigenvalue weighted by atomic mass is 10.2. The molecule has 0 radical (unpaired) electrons. The lowest BCUT2D eigenvalue weighted by Gasteiger charge is -2.23. The molecule has 3 rings (SSSR count). The molecule has 0 saturated carbocycles. The molecule has 1 aromatic rings. The highest BCUT2D eigenvalue weighted by atomic mass is 32.1. The Morgan fingerprint density at radius 1 is 1.38 bits per heavy atom. The van der Waals surface area contributed by atoms with Crippen molar-refractivity contribution >= 4 is 23.4 Å². The Kier molecular flexibility index (Phi) is 4.73. The molecule has 2 aliphatic heterocycles. The molecule has 1 unspecified atom stereocenters. The molecule has 0 aromatic carbocycles. The first-order valence-electron chi connectivity index (χ1n) is 7.65.